The summed E-state index contributed by atoms with van der Waals surface area (Å²) < 4.78 is 22.1. The lowest BCUT2D eigenvalue weighted by atomic mass is 9.85. The summed E-state index contributed by atoms with van der Waals surface area (Å²) in [6.07, 6.45) is 5.96. The van der Waals surface area contributed by atoms with Gasteiger partial charge in [-0.05, 0) is 103 Å². The van der Waals surface area contributed by atoms with E-state index >= 15 is 0 Å². The molecule has 0 spiro atoms. The van der Waals surface area contributed by atoms with Gasteiger partial charge in [0.15, 0.2) is 0 Å². The maximum Gasteiger partial charge on any atom is 0.337 e. The van der Waals surface area contributed by atoms with Crippen LogP contribution in [0.1, 0.15) is 76.3 Å². The second-order valence-electron chi connectivity index (χ2n) is 11.9. The fourth-order valence-corrected chi connectivity index (χ4v) is 6.22. The third kappa shape index (κ3) is 9.69. The Balaban J connectivity index is 1.23. The lowest BCUT2D eigenvalue weighted by Crippen LogP contribution is -2.34. The van der Waals surface area contributed by atoms with E-state index in [4.69, 9.17) is 18.9 Å². The van der Waals surface area contributed by atoms with Gasteiger partial charge in [0.2, 0.25) is 0 Å². The third-order valence-electron chi connectivity index (χ3n) is 8.80. The van der Waals surface area contributed by atoms with Gasteiger partial charge in [-0.25, -0.2) is 4.79 Å². The number of para-hydroxylation sites is 1. The summed E-state index contributed by atoms with van der Waals surface area (Å²) >= 11 is 0. The molecule has 4 aromatic rings. The largest absolute Gasteiger partial charge is 0.489 e. The van der Waals surface area contributed by atoms with Crippen molar-refractivity contribution in [1.29, 1.82) is 0 Å². The second kappa shape index (κ2) is 17.3. The van der Waals surface area contributed by atoms with Crippen LogP contribution in [0.5, 0.6) is 11.5 Å². The Kier molecular flexibility index (Phi) is 12.4. The summed E-state index contributed by atoms with van der Waals surface area (Å²) in [6, 6.07) is 32.7. The number of carbonyl (C=O) groups is 2. The first kappa shape index (κ1) is 33.7. The van der Waals surface area contributed by atoms with E-state index in [0.29, 0.717) is 25.2 Å². The molecule has 1 aliphatic carbocycles. The van der Waals surface area contributed by atoms with Crippen LogP contribution < -0.4 is 9.47 Å². The van der Waals surface area contributed by atoms with Gasteiger partial charge >= 0.3 is 11.9 Å². The smallest absolute Gasteiger partial charge is 0.337 e. The van der Waals surface area contributed by atoms with Crippen molar-refractivity contribution in [3.8, 4) is 11.5 Å². The highest BCUT2D eigenvalue weighted by molar-refractivity contribution is 5.89. The Morgan fingerprint density at radius 1 is 0.766 bits per heavy atom. The molecule has 47 heavy (non-hydrogen) atoms. The van der Waals surface area contributed by atoms with E-state index in [-0.39, 0.29) is 18.0 Å². The van der Waals surface area contributed by atoms with Crippen molar-refractivity contribution in [3.63, 3.8) is 0 Å². The van der Waals surface area contributed by atoms with E-state index in [0.717, 1.165) is 79.8 Å². The van der Waals surface area contributed by atoms with Crippen molar-refractivity contribution < 1.29 is 28.5 Å². The molecule has 0 fully saturated rings. The van der Waals surface area contributed by atoms with E-state index < -0.39 is 0 Å². The minimum Gasteiger partial charge on any atom is -0.489 e. The van der Waals surface area contributed by atoms with E-state index in [1.54, 1.807) is 0 Å². The molecular formula is C40H45NO6. The van der Waals surface area contributed by atoms with Gasteiger partial charge in [0, 0.05) is 19.0 Å². The zero-order valence-electron chi connectivity index (χ0n) is 27.5. The van der Waals surface area contributed by atoms with Gasteiger partial charge in [-0.1, -0.05) is 66.7 Å². The average Bonchev–Trinajstić information content (AvgIpc) is 3.13. The standard InChI is InChI=1S/C40H45NO6/c1-44-39(42)17-8-9-25-41(37-15-10-14-33-27-34(40(43)45-2)20-23-36(33)37)26-24-32-13-6-7-16-38(32)47-29-31-18-21-35(22-19-31)46-28-30-11-4-3-5-12-30/h3-7,11-13,16,18-23,27,37H,8-10,14-15,17,24-26,28-29H2,1-2H3. The molecule has 1 unspecified atom stereocenters. The maximum absolute atomic E-state index is 12.2. The monoisotopic (exact) mass is 635 g/mol. The van der Waals surface area contributed by atoms with Crippen LogP contribution in [0.15, 0.2) is 97.1 Å². The third-order valence-corrected chi connectivity index (χ3v) is 8.80. The van der Waals surface area contributed by atoms with Gasteiger partial charge in [-0.2, -0.15) is 0 Å². The Morgan fingerprint density at radius 3 is 2.30 bits per heavy atom. The summed E-state index contributed by atoms with van der Waals surface area (Å²) in [5.74, 6) is 1.23. The molecule has 0 aliphatic heterocycles. The molecule has 0 saturated heterocycles. The quantitative estimate of drug-likeness (QED) is 0.0916. The van der Waals surface area contributed by atoms with Crippen molar-refractivity contribution in [1.82, 2.24) is 4.90 Å². The molecule has 246 valence electrons. The molecule has 0 radical (unpaired) electrons. The van der Waals surface area contributed by atoms with Crippen LogP contribution in [0.25, 0.3) is 0 Å². The highest BCUT2D eigenvalue weighted by Crippen LogP contribution is 2.36. The molecule has 1 atom stereocenters. The van der Waals surface area contributed by atoms with Crippen molar-refractivity contribution in [2.75, 3.05) is 27.3 Å². The number of fused-ring (bicyclic) bond motifs is 1. The number of aryl methyl sites for hydroxylation is 1. The van der Waals surface area contributed by atoms with E-state index in [1.165, 1.54) is 25.3 Å². The zero-order valence-corrected chi connectivity index (χ0v) is 27.5. The lowest BCUT2D eigenvalue weighted by molar-refractivity contribution is -0.140. The minimum absolute atomic E-state index is 0.171. The second-order valence-corrected chi connectivity index (χ2v) is 11.9. The molecule has 7 heteroatoms. The molecule has 0 N–H and O–H groups in total. The van der Waals surface area contributed by atoms with Gasteiger partial charge in [0.25, 0.3) is 0 Å². The van der Waals surface area contributed by atoms with E-state index in [2.05, 4.69) is 35.2 Å². The van der Waals surface area contributed by atoms with Crippen LogP contribution in [0.2, 0.25) is 0 Å². The number of ether oxygens (including phenoxy) is 4. The molecule has 5 rings (SSSR count). The topological polar surface area (TPSA) is 74.3 Å². The van der Waals surface area contributed by atoms with Crippen LogP contribution in [-0.2, 0) is 40.3 Å². The van der Waals surface area contributed by atoms with Crippen LogP contribution >= 0.6 is 0 Å². The molecule has 1 aliphatic rings. The Labute approximate surface area is 278 Å². The Bertz CT molecular complexity index is 1590. The molecule has 0 aromatic heterocycles. The summed E-state index contributed by atoms with van der Waals surface area (Å²) in [4.78, 5) is 26.5. The number of esters is 2. The normalized spacial score (nSPS) is 13.9. The number of benzene rings is 4. The highest BCUT2D eigenvalue weighted by atomic mass is 16.5. The van der Waals surface area contributed by atoms with Crippen LogP contribution in [0.4, 0.5) is 0 Å². The van der Waals surface area contributed by atoms with Gasteiger partial charge < -0.3 is 18.9 Å². The predicted molar refractivity (Wildman–Crippen MR) is 183 cm³/mol. The fourth-order valence-electron chi connectivity index (χ4n) is 6.22. The van der Waals surface area contributed by atoms with Gasteiger partial charge in [0.05, 0.1) is 19.8 Å². The molecular weight excluding hydrogens is 590 g/mol. The van der Waals surface area contributed by atoms with E-state index in [1.807, 2.05) is 66.7 Å². The first-order valence-electron chi connectivity index (χ1n) is 16.5. The zero-order chi connectivity index (χ0) is 32.8. The summed E-state index contributed by atoms with van der Waals surface area (Å²) in [6.45, 7) is 2.70. The number of unbranched alkanes of at least 4 members (excludes halogenated alkanes) is 1. The lowest BCUT2D eigenvalue weighted by Gasteiger charge is -2.36. The number of carbonyl (C=O) groups excluding carboxylic acids is 2. The van der Waals surface area contributed by atoms with Gasteiger partial charge in [-0.15, -0.1) is 0 Å². The van der Waals surface area contributed by atoms with Crippen molar-refractivity contribution in [2.24, 2.45) is 0 Å². The SMILES string of the molecule is COC(=O)CCCCN(CCc1ccccc1OCc1ccc(OCc2ccccc2)cc1)C1CCCc2cc(C(=O)OC)ccc21. The van der Waals surface area contributed by atoms with E-state index in [9.17, 15) is 9.59 Å². The molecule has 0 heterocycles. The summed E-state index contributed by atoms with van der Waals surface area (Å²) in [5, 5.41) is 0. The Morgan fingerprint density at radius 2 is 1.51 bits per heavy atom. The number of nitrogens with zero attached hydrogens (tertiary/aromatic N) is 1. The molecule has 0 amide bonds. The van der Waals surface area contributed by atoms with Crippen molar-refractivity contribution in [3.05, 3.63) is 130 Å². The van der Waals surface area contributed by atoms with Gasteiger partial charge in [0.1, 0.15) is 24.7 Å². The number of methoxy groups -OCH3 is 2. The first-order valence-corrected chi connectivity index (χ1v) is 16.5. The Hall–Kier alpha value is -4.62. The van der Waals surface area contributed by atoms with Crippen LogP contribution in [-0.4, -0.2) is 44.1 Å². The summed E-state index contributed by atoms with van der Waals surface area (Å²) in [5.41, 5.74) is 6.45. The first-order chi connectivity index (χ1) is 23.0. The fraction of sp³-hybridized carbons (Fsp3) is 0.350. The predicted octanol–water partition coefficient (Wildman–Crippen LogP) is 7.90. The number of hydrogen-bond acceptors (Lipinski definition) is 7. The minimum atomic E-state index is -0.307. The molecule has 7 nitrogen and oxygen atoms in total. The summed E-state index contributed by atoms with van der Waals surface area (Å²) in [7, 11) is 2.85. The highest BCUT2D eigenvalue weighted by Gasteiger charge is 2.27. The van der Waals surface area contributed by atoms with Gasteiger partial charge in [-0.3, -0.25) is 9.69 Å². The van der Waals surface area contributed by atoms with Crippen molar-refractivity contribution >= 4 is 11.9 Å². The molecule has 4 aromatic carbocycles. The van der Waals surface area contributed by atoms with Crippen LogP contribution in [0.3, 0.4) is 0 Å². The number of rotatable bonds is 16. The molecule has 0 bridgehead atoms. The van der Waals surface area contributed by atoms with Crippen LogP contribution in [0, 0.1) is 0 Å². The van der Waals surface area contributed by atoms with Crippen molar-refractivity contribution in [2.45, 2.75) is 64.2 Å². The maximum atomic E-state index is 12.2. The number of hydrogen-bond donors (Lipinski definition) is 0. The molecule has 0 saturated carbocycles. The average molecular weight is 636 g/mol.